The zero-order valence-electron chi connectivity index (χ0n) is 14.0. The molecule has 5 nitrogen and oxygen atoms in total. The lowest BCUT2D eigenvalue weighted by Gasteiger charge is -2.27. The summed E-state index contributed by atoms with van der Waals surface area (Å²) in [6.07, 6.45) is 1.92. The molecule has 1 aromatic heterocycles. The maximum Gasteiger partial charge on any atom is 0.265 e. The highest BCUT2D eigenvalue weighted by Gasteiger charge is 2.31. The number of nitrogens with zero attached hydrogens (tertiary/aromatic N) is 2. The number of anilines is 1. The molecule has 0 N–H and O–H groups in total. The summed E-state index contributed by atoms with van der Waals surface area (Å²) in [5, 5.41) is 0. The van der Waals surface area contributed by atoms with E-state index < -0.39 is 0 Å². The van der Waals surface area contributed by atoms with Crippen molar-refractivity contribution in [1.29, 1.82) is 0 Å². The fourth-order valence-corrected chi connectivity index (χ4v) is 2.97. The summed E-state index contributed by atoms with van der Waals surface area (Å²) in [5.41, 5.74) is 2.64. The van der Waals surface area contributed by atoms with Gasteiger partial charge in [-0.3, -0.25) is 14.6 Å². The van der Waals surface area contributed by atoms with Gasteiger partial charge in [0, 0.05) is 17.8 Å². The number of hydrogen-bond donors (Lipinski definition) is 0. The molecule has 0 unspecified atom stereocenters. The van der Waals surface area contributed by atoms with Crippen LogP contribution >= 0.6 is 0 Å². The molecule has 2 aromatic carbocycles. The molecular formula is C21H16N2O3. The monoisotopic (exact) mass is 344 g/mol. The minimum Gasteiger partial charge on any atom is -0.487 e. The second-order valence-electron chi connectivity index (χ2n) is 5.98. The molecule has 4 rings (SSSR count). The summed E-state index contributed by atoms with van der Waals surface area (Å²) < 4.78 is 5.75. The van der Waals surface area contributed by atoms with Crippen LogP contribution in [-0.2, 0) is 17.8 Å². The van der Waals surface area contributed by atoms with Gasteiger partial charge in [-0.25, -0.2) is 4.90 Å². The standard InChI is InChI=1S/C21H16N2O3/c24-20-12-15-6-1-2-10-19(15)21(25)23(20)17-8-5-9-18(13-17)26-14-16-7-3-4-11-22-16/h1-11,13H,12,14H2. The van der Waals surface area contributed by atoms with Crippen LogP contribution in [0.15, 0.2) is 72.9 Å². The van der Waals surface area contributed by atoms with Crippen LogP contribution in [0.3, 0.4) is 0 Å². The van der Waals surface area contributed by atoms with E-state index in [0.717, 1.165) is 11.3 Å². The van der Waals surface area contributed by atoms with Gasteiger partial charge in [-0.05, 0) is 35.9 Å². The minimum atomic E-state index is -0.307. The molecule has 0 bridgehead atoms. The first-order valence-corrected chi connectivity index (χ1v) is 8.30. The second kappa shape index (κ2) is 6.80. The van der Waals surface area contributed by atoms with Gasteiger partial charge in [0.25, 0.3) is 5.91 Å². The number of pyridine rings is 1. The molecule has 128 valence electrons. The molecule has 0 aliphatic carbocycles. The Hall–Kier alpha value is -3.47. The molecule has 0 radical (unpaired) electrons. The van der Waals surface area contributed by atoms with Gasteiger partial charge < -0.3 is 4.74 Å². The lowest BCUT2D eigenvalue weighted by atomic mass is 9.98. The molecule has 0 fully saturated rings. The van der Waals surface area contributed by atoms with Crippen LogP contribution in [0.1, 0.15) is 21.6 Å². The lowest BCUT2D eigenvalue weighted by molar-refractivity contribution is -0.117. The zero-order chi connectivity index (χ0) is 17.9. The van der Waals surface area contributed by atoms with Crippen LogP contribution in [0, 0.1) is 0 Å². The van der Waals surface area contributed by atoms with Crippen LogP contribution in [0.4, 0.5) is 5.69 Å². The number of amides is 2. The largest absolute Gasteiger partial charge is 0.487 e. The van der Waals surface area contributed by atoms with Crippen molar-refractivity contribution in [1.82, 2.24) is 4.98 Å². The van der Waals surface area contributed by atoms with E-state index in [1.165, 1.54) is 4.90 Å². The van der Waals surface area contributed by atoms with Crippen molar-refractivity contribution in [2.75, 3.05) is 4.90 Å². The van der Waals surface area contributed by atoms with E-state index in [0.29, 0.717) is 23.6 Å². The summed E-state index contributed by atoms with van der Waals surface area (Å²) >= 11 is 0. The molecule has 2 heterocycles. The first-order chi connectivity index (χ1) is 12.7. The maximum atomic E-state index is 12.8. The average Bonchev–Trinajstić information content (AvgIpc) is 2.68. The number of ether oxygens (including phenoxy) is 1. The third-order valence-corrected chi connectivity index (χ3v) is 4.23. The predicted molar refractivity (Wildman–Crippen MR) is 97.0 cm³/mol. The number of fused-ring (bicyclic) bond motifs is 1. The van der Waals surface area contributed by atoms with Gasteiger partial charge in [0.05, 0.1) is 17.8 Å². The van der Waals surface area contributed by atoms with Crippen molar-refractivity contribution >= 4 is 17.5 Å². The fraction of sp³-hybridized carbons (Fsp3) is 0.0952. The summed E-state index contributed by atoms with van der Waals surface area (Å²) in [7, 11) is 0. The Balaban J connectivity index is 1.58. The SMILES string of the molecule is O=C1Cc2ccccc2C(=O)N1c1cccc(OCc2ccccn2)c1. The molecule has 2 amide bonds. The fourth-order valence-electron chi connectivity index (χ4n) is 2.97. The molecule has 3 aromatic rings. The molecule has 0 atom stereocenters. The number of rotatable bonds is 4. The summed E-state index contributed by atoms with van der Waals surface area (Å²) in [4.78, 5) is 30.7. The molecule has 1 aliphatic rings. The van der Waals surface area contributed by atoms with Crippen LogP contribution < -0.4 is 9.64 Å². The number of carbonyl (C=O) groups excluding carboxylic acids is 2. The first kappa shape index (κ1) is 16.0. The predicted octanol–water partition coefficient (Wildman–Crippen LogP) is 3.39. The van der Waals surface area contributed by atoms with Crippen LogP contribution in [0.5, 0.6) is 5.75 Å². The van der Waals surface area contributed by atoms with Crippen molar-refractivity contribution in [3.63, 3.8) is 0 Å². The van der Waals surface area contributed by atoms with Crippen molar-refractivity contribution < 1.29 is 14.3 Å². The lowest BCUT2D eigenvalue weighted by Crippen LogP contribution is -2.42. The van der Waals surface area contributed by atoms with Gasteiger partial charge in [0.2, 0.25) is 5.91 Å². The number of hydrogen-bond acceptors (Lipinski definition) is 4. The molecule has 1 aliphatic heterocycles. The molecule has 0 saturated heterocycles. The van der Waals surface area contributed by atoms with E-state index in [9.17, 15) is 9.59 Å². The summed E-state index contributed by atoms with van der Waals surface area (Å²) in [6, 6.07) is 19.8. The molecular weight excluding hydrogens is 328 g/mol. The van der Waals surface area contributed by atoms with Gasteiger partial charge in [0.15, 0.2) is 0 Å². The zero-order valence-corrected chi connectivity index (χ0v) is 14.0. The summed E-state index contributed by atoms with van der Waals surface area (Å²) in [6.45, 7) is 0.315. The highest BCUT2D eigenvalue weighted by atomic mass is 16.5. The van der Waals surface area contributed by atoms with E-state index in [4.69, 9.17) is 4.74 Å². The van der Waals surface area contributed by atoms with Gasteiger partial charge in [0.1, 0.15) is 12.4 Å². The second-order valence-corrected chi connectivity index (χ2v) is 5.98. The topological polar surface area (TPSA) is 59.5 Å². The Morgan fingerprint density at radius 2 is 1.81 bits per heavy atom. The maximum absolute atomic E-state index is 12.8. The van der Waals surface area contributed by atoms with E-state index in [-0.39, 0.29) is 18.2 Å². The van der Waals surface area contributed by atoms with E-state index in [1.54, 1.807) is 42.6 Å². The normalized spacial score (nSPS) is 13.5. The van der Waals surface area contributed by atoms with Crippen LogP contribution in [0.2, 0.25) is 0 Å². The van der Waals surface area contributed by atoms with Gasteiger partial charge in [-0.15, -0.1) is 0 Å². The quantitative estimate of drug-likeness (QED) is 0.681. The molecule has 0 spiro atoms. The smallest absolute Gasteiger partial charge is 0.265 e. The van der Waals surface area contributed by atoms with Crippen molar-refractivity contribution in [2.24, 2.45) is 0 Å². The number of aromatic nitrogens is 1. The molecule has 0 saturated carbocycles. The first-order valence-electron chi connectivity index (χ1n) is 8.30. The average molecular weight is 344 g/mol. The van der Waals surface area contributed by atoms with Crippen molar-refractivity contribution in [3.05, 3.63) is 89.7 Å². The Morgan fingerprint density at radius 1 is 0.962 bits per heavy atom. The van der Waals surface area contributed by atoms with Crippen LogP contribution in [0.25, 0.3) is 0 Å². The van der Waals surface area contributed by atoms with E-state index >= 15 is 0 Å². The Labute approximate surface area is 150 Å². The number of benzene rings is 2. The van der Waals surface area contributed by atoms with Crippen molar-refractivity contribution in [2.45, 2.75) is 13.0 Å². The van der Waals surface area contributed by atoms with Gasteiger partial charge in [-0.1, -0.05) is 30.3 Å². The van der Waals surface area contributed by atoms with E-state index in [2.05, 4.69) is 4.98 Å². The van der Waals surface area contributed by atoms with Gasteiger partial charge in [-0.2, -0.15) is 0 Å². The molecule has 5 heteroatoms. The van der Waals surface area contributed by atoms with Gasteiger partial charge >= 0.3 is 0 Å². The Kier molecular flexibility index (Phi) is 4.19. The molecule has 26 heavy (non-hydrogen) atoms. The third kappa shape index (κ3) is 3.07. The summed E-state index contributed by atoms with van der Waals surface area (Å²) in [5.74, 6) is 0.0295. The Morgan fingerprint density at radius 3 is 2.65 bits per heavy atom. The minimum absolute atomic E-state index is 0.209. The highest BCUT2D eigenvalue weighted by Crippen LogP contribution is 2.28. The van der Waals surface area contributed by atoms with Crippen molar-refractivity contribution in [3.8, 4) is 5.75 Å². The Bertz CT molecular complexity index is 970. The highest BCUT2D eigenvalue weighted by molar-refractivity contribution is 6.24. The van der Waals surface area contributed by atoms with E-state index in [1.807, 2.05) is 30.3 Å². The number of carbonyl (C=O) groups is 2. The number of imide groups is 1. The van der Waals surface area contributed by atoms with Crippen LogP contribution in [-0.4, -0.2) is 16.8 Å². The third-order valence-electron chi connectivity index (χ3n) is 4.23.